The monoisotopic (exact) mass is 270 g/mol. The van der Waals surface area contributed by atoms with Crippen LogP contribution in [0, 0.1) is 11.3 Å². The van der Waals surface area contributed by atoms with Gasteiger partial charge in [-0.15, -0.1) is 0 Å². The van der Waals surface area contributed by atoms with E-state index in [0.29, 0.717) is 32.5 Å². The van der Waals surface area contributed by atoms with Crippen LogP contribution in [0.15, 0.2) is 0 Å². The van der Waals surface area contributed by atoms with E-state index < -0.39 is 11.4 Å². The van der Waals surface area contributed by atoms with Crippen LogP contribution in [0.1, 0.15) is 40.0 Å². The zero-order valence-corrected chi connectivity index (χ0v) is 12.2. The van der Waals surface area contributed by atoms with E-state index in [2.05, 4.69) is 5.32 Å². The van der Waals surface area contributed by atoms with Gasteiger partial charge in [0.05, 0.1) is 5.41 Å². The van der Waals surface area contributed by atoms with E-state index in [-0.39, 0.29) is 11.8 Å². The van der Waals surface area contributed by atoms with Gasteiger partial charge in [-0.25, -0.2) is 0 Å². The first-order chi connectivity index (χ1) is 8.96. The number of rotatable bonds is 7. The number of amides is 1. The van der Waals surface area contributed by atoms with Crippen molar-refractivity contribution >= 4 is 11.9 Å². The van der Waals surface area contributed by atoms with Crippen molar-refractivity contribution in [1.82, 2.24) is 10.2 Å². The topological polar surface area (TPSA) is 69.6 Å². The van der Waals surface area contributed by atoms with Crippen LogP contribution >= 0.6 is 0 Å². The largest absolute Gasteiger partial charge is 0.481 e. The van der Waals surface area contributed by atoms with Crippen LogP contribution in [0.5, 0.6) is 0 Å². The van der Waals surface area contributed by atoms with E-state index >= 15 is 0 Å². The van der Waals surface area contributed by atoms with Crippen LogP contribution in [0.25, 0.3) is 0 Å². The Labute approximate surface area is 115 Å². The Balaban J connectivity index is 2.63. The third-order valence-corrected chi connectivity index (χ3v) is 3.97. The first-order valence-electron chi connectivity index (χ1n) is 7.19. The molecule has 2 N–H and O–H groups in total. The SMILES string of the molecule is CCCC1(C(=O)O)CCN(C(=O)C(C)CNCC)C1. The Kier molecular flexibility index (Phi) is 5.79. The molecule has 5 nitrogen and oxygen atoms in total. The number of nitrogens with zero attached hydrogens (tertiary/aromatic N) is 1. The molecule has 1 aliphatic heterocycles. The average molecular weight is 270 g/mol. The van der Waals surface area contributed by atoms with Gasteiger partial charge in [-0.1, -0.05) is 27.2 Å². The van der Waals surface area contributed by atoms with Crippen molar-refractivity contribution in [1.29, 1.82) is 0 Å². The second-order valence-electron chi connectivity index (χ2n) is 5.55. The van der Waals surface area contributed by atoms with Crippen LogP contribution in [-0.2, 0) is 9.59 Å². The summed E-state index contributed by atoms with van der Waals surface area (Å²) in [7, 11) is 0. The number of hydrogen-bond donors (Lipinski definition) is 2. The summed E-state index contributed by atoms with van der Waals surface area (Å²) in [4.78, 5) is 25.5. The Hall–Kier alpha value is -1.10. The first-order valence-corrected chi connectivity index (χ1v) is 7.19. The minimum absolute atomic E-state index is 0.0696. The predicted octanol–water partition coefficient (Wildman–Crippen LogP) is 1.34. The molecule has 2 unspecified atom stereocenters. The van der Waals surface area contributed by atoms with Crippen LogP contribution < -0.4 is 5.32 Å². The molecule has 1 rings (SSSR count). The summed E-state index contributed by atoms with van der Waals surface area (Å²) in [6.45, 7) is 8.32. The fourth-order valence-electron chi connectivity index (χ4n) is 2.78. The van der Waals surface area contributed by atoms with Crippen LogP contribution in [0.4, 0.5) is 0 Å². The molecule has 0 radical (unpaired) electrons. The molecule has 19 heavy (non-hydrogen) atoms. The molecule has 0 aromatic carbocycles. The third kappa shape index (κ3) is 3.69. The Morgan fingerprint density at radius 1 is 1.42 bits per heavy atom. The highest BCUT2D eigenvalue weighted by Crippen LogP contribution is 2.36. The summed E-state index contributed by atoms with van der Waals surface area (Å²) < 4.78 is 0. The Bertz CT molecular complexity index is 333. The van der Waals surface area contributed by atoms with Crippen molar-refractivity contribution in [2.24, 2.45) is 11.3 Å². The van der Waals surface area contributed by atoms with E-state index in [9.17, 15) is 14.7 Å². The number of carbonyl (C=O) groups excluding carboxylic acids is 1. The number of likely N-dealkylation sites (tertiary alicyclic amines) is 1. The molecular formula is C14H26N2O3. The van der Waals surface area contributed by atoms with Gasteiger partial charge in [-0.3, -0.25) is 9.59 Å². The molecule has 0 spiro atoms. The Morgan fingerprint density at radius 3 is 2.63 bits per heavy atom. The summed E-state index contributed by atoms with van der Waals surface area (Å²) >= 11 is 0. The quantitative estimate of drug-likeness (QED) is 0.732. The third-order valence-electron chi connectivity index (χ3n) is 3.97. The molecule has 110 valence electrons. The molecule has 1 heterocycles. The van der Waals surface area contributed by atoms with Crippen LogP contribution in [0.2, 0.25) is 0 Å². The number of aliphatic carboxylic acids is 1. The fraction of sp³-hybridized carbons (Fsp3) is 0.857. The molecule has 1 saturated heterocycles. The highest BCUT2D eigenvalue weighted by Gasteiger charge is 2.45. The molecule has 1 amide bonds. The molecule has 2 atom stereocenters. The van der Waals surface area contributed by atoms with Gasteiger partial charge in [-0.05, 0) is 19.4 Å². The summed E-state index contributed by atoms with van der Waals surface area (Å²) in [6, 6.07) is 0. The summed E-state index contributed by atoms with van der Waals surface area (Å²) in [5.41, 5.74) is -0.720. The number of carbonyl (C=O) groups is 2. The van der Waals surface area contributed by atoms with Gasteiger partial charge < -0.3 is 15.3 Å². The van der Waals surface area contributed by atoms with Gasteiger partial charge in [0.25, 0.3) is 0 Å². The lowest BCUT2D eigenvalue weighted by Gasteiger charge is -2.25. The number of nitrogens with one attached hydrogen (secondary N) is 1. The summed E-state index contributed by atoms with van der Waals surface area (Å²) in [5, 5.41) is 12.6. The zero-order chi connectivity index (χ0) is 14.5. The van der Waals surface area contributed by atoms with Crippen molar-refractivity contribution in [2.45, 2.75) is 40.0 Å². The van der Waals surface area contributed by atoms with E-state index in [4.69, 9.17) is 0 Å². The summed E-state index contributed by atoms with van der Waals surface area (Å²) in [6.07, 6.45) is 2.06. The van der Waals surface area contributed by atoms with E-state index in [1.807, 2.05) is 20.8 Å². The normalized spacial score (nSPS) is 24.5. The van der Waals surface area contributed by atoms with Gasteiger partial charge in [0.15, 0.2) is 0 Å². The van der Waals surface area contributed by atoms with Crippen molar-refractivity contribution in [3.05, 3.63) is 0 Å². The molecule has 1 fully saturated rings. The fourth-order valence-corrected chi connectivity index (χ4v) is 2.78. The highest BCUT2D eigenvalue weighted by atomic mass is 16.4. The smallest absolute Gasteiger partial charge is 0.311 e. The Morgan fingerprint density at radius 2 is 2.11 bits per heavy atom. The lowest BCUT2D eigenvalue weighted by molar-refractivity contribution is -0.149. The maximum absolute atomic E-state index is 12.3. The minimum atomic E-state index is -0.760. The molecule has 0 aromatic heterocycles. The number of carboxylic acid groups (broad SMARTS) is 1. The molecule has 0 saturated carbocycles. The summed E-state index contributed by atoms with van der Waals surface area (Å²) in [5.74, 6) is -0.782. The van der Waals surface area contributed by atoms with Crippen molar-refractivity contribution in [2.75, 3.05) is 26.2 Å². The lowest BCUT2D eigenvalue weighted by atomic mass is 9.83. The van der Waals surface area contributed by atoms with Crippen LogP contribution in [0.3, 0.4) is 0 Å². The molecule has 5 heteroatoms. The zero-order valence-electron chi connectivity index (χ0n) is 12.2. The van der Waals surface area contributed by atoms with E-state index in [1.54, 1.807) is 4.90 Å². The van der Waals surface area contributed by atoms with Gasteiger partial charge in [0.1, 0.15) is 0 Å². The average Bonchev–Trinajstić information content (AvgIpc) is 2.81. The van der Waals surface area contributed by atoms with Crippen molar-refractivity contribution < 1.29 is 14.7 Å². The second kappa shape index (κ2) is 6.89. The standard InChI is InChI=1S/C14H26N2O3/c1-4-6-14(13(18)19)7-8-16(10-14)12(17)11(3)9-15-5-2/h11,15H,4-10H2,1-3H3,(H,18,19). The maximum atomic E-state index is 12.3. The van der Waals surface area contributed by atoms with Gasteiger partial charge >= 0.3 is 5.97 Å². The number of carboxylic acids is 1. The molecular weight excluding hydrogens is 244 g/mol. The van der Waals surface area contributed by atoms with Crippen molar-refractivity contribution in [3.8, 4) is 0 Å². The molecule has 0 aromatic rings. The van der Waals surface area contributed by atoms with Gasteiger partial charge in [0.2, 0.25) is 5.91 Å². The molecule has 0 bridgehead atoms. The second-order valence-corrected chi connectivity index (χ2v) is 5.55. The predicted molar refractivity (Wildman–Crippen MR) is 73.9 cm³/mol. The lowest BCUT2D eigenvalue weighted by Crippen LogP contribution is -2.41. The van der Waals surface area contributed by atoms with Gasteiger partial charge in [-0.2, -0.15) is 0 Å². The van der Waals surface area contributed by atoms with E-state index in [1.165, 1.54) is 0 Å². The molecule has 1 aliphatic rings. The van der Waals surface area contributed by atoms with E-state index in [0.717, 1.165) is 13.0 Å². The van der Waals surface area contributed by atoms with Gasteiger partial charge in [0, 0.05) is 25.6 Å². The van der Waals surface area contributed by atoms with Crippen LogP contribution in [-0.4, -0.2) is 48.1 Å². The first kappa shape index (κ1) is 16.0. The molecule has 0 aliphatic carbocycles. The van der Waals surface area contributed by atoms with Crippen molar-refractivity contribution in [3.63, 3.8) is 0 Å². The maximum Gasteiger partial charge on any atom is 0.311 e. The number of hydrogen-bond acceptors (Lipinski definition) is 3. The minimum Gasteiger partial charge on any atom is -0.481 e. The highest BCUT2D eigenvalue weighted by molar-refractivity contribution is 5.82.